The Hall–Kier alpha value is -4.28. The van der Waals surface area contributed by atoms with E-state index in [1.807, 2.05) is 18.9 Å². The molecule has 0 spiro atoms. The summed E-state index contributed by atoms with van der Waals surface area (Å²) in [5.41, 5.74) is 16.3. The molecule has 0 unspecified atom stereocenters. The number of hydrogen-bond donors (Lipinski definition) is 6. The van der Waals surface area contributed by atoms with Crippen molar-refractivity contribution in [3.63, 3.8) is 0 Å². The van der Waals surface area contributed by atoms with Gasteiger partial charge < -0.3 is 52.3 Å². The van der Waals surface area contributed by atoms with Crippen LogP contribution in [0.2, 0.25) is 0 Å². The van der Waals surface area contributed by atoms with Gasteiger partial charge in [0.05, 0.1) is 16.9 Å². The van der Waals surface area contributed by atoms with Gasteiger partial charge in [-0.15, -0.1) is 0 Å². The van der Waals surface area contributed by atoms with Crippen molar-refractivity contribution in [2.45, 2.75) is 63.7 Å². The normalized spacial score (nSPS) is 18.2. The number of anilines is 1. The minimum atomic E-state index is -1.13. The molecule has 4 amide bonds. The Morgan fingerprint density at radius 1 is 0.979 bits per heavy atom. The standard InChI is InChI=1S/C31H46FN9O6/c1-4-5-22(30(45)38-23(7-9-34)31(46)36-21(6-8-33)28(35)43)37-29(44)19-15-41-17(2)16-47-27-24(41)18(26(19)42)14-20(32)25(27)40-12-10-39(3)11-13-40/h14-15,17,21-23H,4-13,16,33-34H2,1-3H3,(H2,35,43)(H,36,46)(H,37,44)(H,38,45)/t17-,21-,22-,23-/m0/s1. The van der Waals surface area contributed by atoms with Crippen LogP contribution in [0.3, 0.4) is 0 Å². The van der Waals surface area contributed by atoms with E-state index in [9.17, 15) is 24.0 Å². The van der Waals surface area contributed by atoms with Gasteiger partial charge >= 0.3 is 0 Å². The molecule has 1 aromatic carbocycles. The molecule has 47 heavy (non-hydrogen) atoms. The fraction of sp³-hybridized carbons (Fsp3) is 0.581. The monoisotopic (exact) mass is 659 g/mol. The minimum Gasteiger partial charge on any atom is -0.487 e. The molecule has 258 valence electrons. The van der Waals surface area contributed by atoms with Gasteiger partial charge in [-0.25, -0.2) is 4.39 Å². The van der Waals surface area contributed by atoms with Crippen LogP contribution in [0.25, 0.3) is 10.9 Å². The lowest BCUT2D eigenvalue weighted by Gasteiger charge is -2.37. The molecule has 1 aromatic heterocycles. The number of rotatable bonds is 14. The molecule has 0 bridgehead atoms. The Morgan fingerprint density at radius 3 is 2.17 bits per heavy atom. The highest BCUT2D eigenvalue weighted by molar-refractivity contribution is 6.02. The van der Waals surface area contributed by atoms with E-state index in [2.05, 4.69) is 20.9 Å². The van der Waals surface area contributed by atoms with Crippen LogP contribution < -0.4 is 48.2 Å². The van der Waals surface area contributed by atoms with Crippen molar-refractivity contribution >= 4 is 40.2 Å². The van der Waals surface area contributed by atoms with Crippen molar-refractivity contribution in [1.29, 1.82) is 0 Å². The molecular weight excluding hydrogens is 613 g/mol. The van der Waals surface area contributed by atoms with E-state index in [0.29, 0.717) is 30.7 Å². The summed E-state index contributed by atoms with van der Waals surface area (Å²) in [5.74, 6) is -3.32. The highest BCUT2D eigenvalue weighted by Crippen LogP contribution is 2.42. The number of nitrogens with zero attached hydrogens (tertiary/aromatic N) is 3. The second-order valence-electron chi connectivity index (χ2n) is 12.2. The Balaban J connectivity index is 1.62. The minimum absolute atomic E-state index is 0.00719. The summed E-state index contributed by atoms with van der Waals surface area (Å²) in [5, 5.41) is 7.71. The summed E-state index contributed by atoms with van der Waals surface area (Å²) in [4.78, 5) is 69.5. The number of nitrogens with two attached hydrogens (primary N) is 3. The number of piperazine rings is 1. The van der Waals surface area contributed by atoms with E-state index in [1.165, 1.54) is 6.20 Å². The van der Waals surface area contributed by atoms with Crippen molar-refractivity contribution in [2.75, 3.05) is 57.8 Å². The largest absolute Gasteiger partial charge is 0.487 e. The number of halogens is 1. The highest BCUT2D eigenvalue weighted by atomic mass is 19.1. The first kappa shape index (κ1) is 35.6. The van der Waals surface area contributed by atoms with Gasteiger partial charge in [0.15, 0.2) is 11.6 Å². The molecule has 3 heterocycles. The molecule has 2 aromatic rings. The van der Waals surface area contributed by atoms with Gasteiger partial charge in [0.2, 0.25) is 23.2 Å². The molecule has 15 nitrogen and oxygen atoms in total. The maximum Gasteiger partial charge on any atom is 0.257 e. The van der Waals surface area contributed by atoms with Crippen LogP contribution in [0, 0.1) is 5.82 Å². The van der Waals surface area contributed by atoms with E-state index < -0.39 is 53.0 Å². The van der Waals surface area contributed by atoms with Gasteiger partial charge in [0.1, 0.15) is 36.0 Å². The van der Waals surface area contributed by atoms with E-state index in [4.69, 9.17) is 21.9 Å². The molecule has 1 saturated heterocycles. The molecule has 16 heteroatoms. The predicted octanol–water partition coefficient (Wildman–Crippen LogP) is -1.10. The topological polar surface area (TPSA) is 220 Å². The Kier molecular flexibility index (Phi) is 11.8. The number of primary amides is 1. The van der Waals surface area contributed by atoms with Crippen LogP contribution in [0.15, 0.2) is 17.1 Å². The van der Waals surface area contributed by atoms with Crippen LogP contribution in [0.4, 0.5) is 10.1 Å². The van der Waals surface area contributed by atoms with E-state index >= 15 is 4.39 Å². The molecular formula is C31H46FN9O6. The lowest BCUT2D eigenvalue weighted by molar-refractivity contribution is -0.132. The molecule has 2 aliphatic rings. The Bertz CT molecular complexity index is 1560. The smallest absolute Gasteiger partial charge is 0.257 e. The van der Waals surface area contributed by atoms with Crippen LogP contribution in [0.1, 0.15) is 55.9 Å². The van der Waals surface area contributed by atoms with E-state index in [-0.39, 0.29) is 61.7 Å². The first-order chi connectivity index (χ1) is 22.4. The van der Waals surface area contributed by atoms with Crippen molar-refractivity contribution in [2.24, 2.45) is 17.2 Å². The average molecular weight is 660 g/mol. The van der Waals surface area contributed by atoms with Gasteiger partial charge in [-0.05, 0) is 52.4 Å². The van der Waals surface area contributed by atoms with Gasteiger partial charge in [0.25, 0.3) is 5.91 Å². The molecule has 4 atom stereocenters. The lowest BCUT2D eigenvalue weighted by Crippen LogP contribution is -2.57. The number of carbonyl (C=O) groups excluding carboxylic acids is 4. The molecule has 9 N–H and O–H groups in total. The van der Waals surface area contributed by atoms with Crippen molar-refractivity contribution < 1.29 is 28.3 Å². The van der Waals surface area contributed by atoms with Crippen molar-refractivity contribution in [1.82, 2.24) is 25.4 Å². The SMILES string of the molecule is CCC[C@H](NC(=O)c1cn2c3c(c(N4CCN(C)CC4)c(F)cc3c1=O)OC[C@@H]2C)C(=O)N[C@@H](CCN)C(=O)N[C@@H](CCN)C(N)=O. The summed E-state index contributed by atoms with van der Waals surface area (Å²) in [6.45, 7) is 6.66. The van der Waals surface area contributed by atoms with Gasteiger partial charge in [0, 0.05) is 32.4 Å². The van der Waals surface area contributed by atoms with Gasteiger partial charge in [-0.2, -0.15) is 0 Å². The second-order valence-corrected chi connectivity index (χ2v) is 12.2. The van der Waals surface area contributed by atoms with Crippen LogP contribution in [0.5, 0.6) is 5.75 Å². The summed E-state index contributed by atoms with van der Waals surface area (Å²) < 4.78 is 23.5. The third-order valence-corrected chi connectivity index (χ3v) is 8.61. The first-order valence-corrected chi connectivity index (χ1v) is 16.0. The zero-order valence-corrected chi connectivity index (χ0v) is 27.1. The Morgan fingerprint density at radius 2 is 1.57 bits per heavy atom. The molecule has 0 aliphatic carbocycles. The third kappa shape index (κ3) is 7.82. The summed E-state index contributed by atoms with van der Waals surface area (Å²) in [6.07, 6.45) is 2.24. The number of carbonyl (C=O) groups is 4. The number of benzene rings is 1. The van der Waals surface area contributed by atoms with Crippen LogP contribution >= 0.6 is 0 Å². The lowest BCUT2D eigenvalue weighted by atomic mass is 10.0. The quantitative estimate of drug-likeness (QED) is 0.144. The number of likely N-dealkylation sites (N-methyl/N-ethyl adjacent to an activating group) is 1. The van der Waals surface area contributed by atoms with Crippen molar-refractivity contribution in [3.8, 4) is 5.75 Å². The van der Waals surface area contributed by atoms with Gasteiger partial charge in [-0.3, -0.25) is 24.0 Å². The van der Waals surface area contributed by atoms with E-state index in [0.717, 1.165) is 19.2 Å². The summed E-state index contributed by atoms with van der Waals surface area (Å²) in [6, 6.07) is -2.42. The maximum atomic E-state index is 15.7. The first-order valence-electron chi connectivity index (χ1n) is 16.0. The number of nitrogens with one attached hydrogen (secondary N) is 3. The number of pyridine rings is 1. The third-order valence-electron chi connectivity index (χ3n) is 8.61. The maximum absolute atomic E-state index is 15.7. The fourth-order valence-corrected chi connectivity index (χ4v) is 5.92. The van der Waals surface area contributed by atoms with E-state index in [1.54, 1.807) is 11.5 Å². The number of aromatic nitrogens is 1. The summed E-state index contributed by atoms with van der Waals surface area (Å²) in [7, 11) is 2.00. The molecule has 0 saturated carbocycles. The zero-order chi connectivity index (χ0) is 34.4. The zero-order valence-electron chi connectivity index (χ0n) is 27.1. The fourth-order valence-electron chi connectivity index (χ4n) is 5.92. The molecule has 0 radical (unpaired) electrons. The molecule has 1 fully saturated rings. The summed E-state index contributed by atoms with van der Waals surface area (Å²) >= 11 is 0. The second kappa shape index (κ2) is 15.5. The molecule has 2 aliphatic heterocycles. The van der Waals surface area contributed by atoms with Gasteiger partial charge in [-0.1, -0.05) is 13.3 Å². The predicted molar refractivity (Wildman–Crippen MR) is 175 cm³/mol. The number of hydrogen-bond acceptors (Lipinski definition) is 10. The Labute approximate surface area is 272 Å². The average Bonchev–Trinajstić information content (AvgIpc) is 3.03. The highest BCUT2D eigenvalue weighted by Gasteiger charge is 2.33. The number of amides is 4. The van der Waals surface area contributed by atoms with Crippen molar-refractivity contribution in [3.05, 3.63) is 33.9 Å². The van der Waals surface area contributed by atoms with Crippen LogP contribution in [-0.2, 0) is 14.4 Å². The van der Waals surface area contributed by atoms with Crippen LogP contribution in [-0.4, -0.2) is 104 Å². The number of ether oxygens (including phenoxy) is 1. The molecule has 4 rings (SSSR count).